The average molecular weight is 438 g/mol. The highest BCUT2D eigenvalue weighted by Crippen LogP contribution is 2.41. The third kappa shape index (κ3) is 4.64. The van der Waals surface area contributed by atoms with E-state index in [-0.39, 0.29) is 17.4 Å². The molecule has 1 amide bonds. The van der Waals surface area contributed by atoms with Gasteiger partial charge in [-0.25, -0.2) is 0 Å². The van der Waals surface area contributed by atoms with Crippen LogP contribution in [-0.4, -0.2) is 41.5 Å². The molecule has 0 saturated carbocycles. The summed E-state index contributed by atoms with van der Waals surface area (Å²) in [7, 11) is 1.57. The lowest BCUT2D eigenvalue weighted by atomic mass is 9.93. The fourth-order valence-electron chi connectivity index (χ4n) is 3.99. The van der Waals surface area contributed by atoms with Crippen molar-refractivity contribution in [3.05, 3.63) is 64.7 Å². The summed E-state index contributed by atoms with van der Waals surface area (Å²) in [5.41, 5.74) is 2.07. The lowest BCUT2D eigenvalue weighted by Gasteiger charge is -2.26. The molecule has 0 aromatic heterocycles. The molecule has 170 valence electrons. The number of likely N-dealkylation sites (tertiary alicyclic amines) is 1. The number of benzene rings is 2. The fourth-order valence-corrected chi connectivity index (χ4v) is 3.99. The molecule has 32 heavy (non-hydrogen) atoms. The molecule has 1 saturated heterocycles. The summed E-state index contributed by atoms with van der Waals surface area (Å²) < 4.78 is 11.1. The number of ether oxygens (including phenoxy) is 2. The van der Waals surface area contributed by atoms with Crippen LogP contribution in [0.2, 0.25) is 0 Å². The van der Waals surface area contributed by atoms with Crippen LogP contribution in [-0.2, 0) is 9.59 Å². The predicted molar refractivity (Wildman–Crippen MR) is 124 cm³/mol. The highest BCUT2D eigenvalue weighted by atomic mass is 16.5. The molecule has 1 heterocycles. The van der Waals surface area contributed by atoms with E-state index in [4.69, 9.17) is 9.47 Å². The lowest BCUT2D eigenvalue weighted by molar-refractivity contribution is -0.139. The number of nitrogens with zero attached hydrogens (tertiary/aromatic N) is 1. The minimum atomic E-state index is -0.682. The summed E-state index contributed by atoms with van der Waals surface area (Å²) in [6.07, 6.45) is 1.62. The third-order valence-electron chi connectivity index (χ3n) is 5.53. The van der Waals surface area contributed by atoms with Gasteiger partial charge in [-0.15, -0.1) is 0 Å². The number of aryl methyl sites for hydroxylation is 1. The summed E-state index contributed by atoms with van der Waals surface area (Å²) in [5.74, 6) is -0.139. The maximum atomic E-state index is 13.1. The summed E-state index contributed by atoms with van der Waals surface area (Å²) in [6.45, 7) is 8.17. The van der Waals surface area contributed by atoms with Crippen LogP contribution in [0.25, 0.3) is 5.76 Å². The number of aliphatic hydroxyl groups is 1. The molecule has 1 fully saturated rings. The Balaban J connectivity index is 2.17. The van der Waals surface area contributed by atoms with Crippen molar-refractivity contribution in [3.8, 4) is 11.5 Å². The van der Waals surface area contributed by atoms with Gasteiger partial charge in [0.1, 0.15) is 17.3 Å². The van der Waals surface area contributed by atoms with Crippen molar-refractivity contribution in [1.29, 1.82) is 0 Å². The monoisotopic (exact) mass is 437 g/mol. The maximum Gasteiger partial charge on any atom is 0.295 e. The van der Waals surface area contributed by atoms with Gasteiger partial charge in [-0.2, -0.15) is 0 Å². The molecule has 0 radical (unpaired) electrons. The van der Waals surface area contributed by atoms with E-state index in [0.29, 0.717) is 23.6 Å². The molecule has 6 nitrogen and oxygen atoms in total. The molecule has 1 aliphatic heterocycles. The minimum absolute atomic E-state index is 0.0151. The Morgan fingerprint density at radius 2 is 1.88 bits per heavy atom. The smallest absolute Gasteiger partial charge is 0.295 e. The number of amides is 1. The SMILES string of the molecule is CCCCN1C(=O)C(=O)/C(=C(/O)c2ccc(OC)cc2C)C1c1cccc(OC(C)C)c1. The van der Waals surface area contributed by atoms with Gasteiger partial charge in [-0.3, -0.25) is 9.59 Å². The van der Waals surface area contributed by atoms with Crippen molar-refractivity contribution in [2.45, 2.75) is 52.7 Å². The largest absolute Gasteiger partial charge is 0.507 e. The zero-order valence-electron chi connectivity index (χ0n) is 19.3. The molecule has 3 rings (SSSR count). The number of Topliss-reactive ketones (excluding diaryl/α,β-unsaturated/α-hetero) is 1. The second kappa shape index (κ2) is 9.90. The molecule has 1 N–H and O–H groups in total. The zero-order valence-corrected chi connectivity index (χ0v) is 19.3. The zero-order chi connectivity index (χ0) is 23.4. The number of hydrogen-bond donors (Lipinski definition) is 1. The number of methoxy groups -OCH3 is 1. The van der Waals surface area contributed by atoms with Crippen molar-refractivity contribution >= 4 is 17.4 Å². The number of hydrogen-bond acceptors (Lipinski definition) is 5. The molecule has 1 unspecified atom stereocenters. The van der Waals surface area contributed by atoms with E-state index in [1.165, 1.54) is 0 Å². The first-order valence-corrected chi connectivity index (χ1v) is 11.0. The van der Waals surface area contributed by atoms with Gasteiger partial charge in [0, 0.05) is 12.1 Å². The number of aliphatic hydroxyl groups excluding tert-OH is 1. The van der Waals surface area contributed by atoms with Crippen LogP contribution in [0.15, 0.2) is 48.0 Å². The lowest BCUT2D eigenvalue weighted by Crippen LogP contribution is -2.30. The van der Waals surface area contributed by atoms with Gasteiger partial charge in [0.15, 0.2) is 0 Å². The number of carbonyl (C=O) groups excluding carboxylic acids is 2. The van der Waals surface area contributed by atoms with E-state index in [1.807, 2.05) is 52.0 Å². The van der Waals surface area contributed by atoms with E-state index in [0.717, 1.165) is 24.0 Å². The Kier molecular flexibility index (Phi) is 7.23. The van der Waals surface area contributed by atoms with E-state index in [1.54, 1.807) is 30.2 Å². The van der Waals surface area contributed by atoms with Crippen LogP contribution in [0, 0.1) is 6.92 Å². The van der Waals surface area contributed by atoms with Gasteiger partial charge in [-0.1, -0.05) is 25.5 Å². The van der Waals surface area contributed by atoms with Crippen molar-refractivity contribution in [2.75, 3.05) is 13.7 Å². The third-order valence-corrected chi connectivity index (χ3v) is 5.53. The number of ketones is 1. The van der Waals surface area contributed by atoms with E-state index >= 15 is 0 Å². The standard InChI is InChI=1S/C26H31NO5/c1-6-7-13-27-23(18-9-8-10-20(15-18)32-16(2)3)22(25(29)26(27)30)24(28)21-12-11-19(31-5)14-17(21)4/h8-12,14-16,23,28H,6-7,13H2,1-5H3/b24-22+. The van der Waals surface area contributed by atoms with Gasteiger partial charge in [-0.05, 0) is 68.7 Å². The quantitative estimate of drug-likeness (QED) is 0.357. The van der Waals surface area contributed by atoms with Gasteiger partial charge in [0.2, 0.25) is 0 Å². The molecule has 6 heteroatoms. The number of carbonyl (C=O) groups is 2. The van der Waals surface area contributed by atoms with Crippen LogP contribution < -0.4 is 9.47 Å². The molecule has 0 bridgehead atoms. The molecule has 2 aromatic carbocycles. The highest BCUT2D eigenvalue weighted by Gasteiger charge is 2.46. The van der Waals surface area contributed by atoms with E-state index < -0.39 is 17.7 Å². The Bertz CT molecular complexity index is 1040. The van der Waals surface area contributed by atoms with Crippen molar-refractivity contribution in [1.82, 2.24) is 4.90 Å². The van der Waals surface area contributed by atoms with Gasteiger partial charge in [0.05, 0.1) is 24.8 Å². The first kappa shape index (κ1) is 23.4. The maximum absolute atomic E-state index is 13.1. The second-order valence-electron chi connectivity index (χ2n) is 8.27. The van der Waals surface area contributed by atoms with Gasteiger partial charge < -0.3 is 19.5 Å². The molecule has 1 atom stereocenters. The second-order valence-corrected chi connectivity index (χ2v) is 8.27. The normalized spacial score (nSPS) is 17.8. The average Bonchev–Trinajstić information content (AvgIpc) is 3.01. The minimum Gasteiger partial charge on any atom is -0.507 e. The van der Waals surface area contributed by atoms with E-state index in [2.05, 4.69) is 0 Å². The number of unbranched alkanes of at least 4 members (excludes halogenated alkanes) is 1. The van der Waals surface area contributed by atoms with Crippen LogP contribution in [0.5, 0.6) is 11.5 Å². The van der Waals surface area contributed by atoms with Crippen LogP contribution in [0.4, 0.5) is 0 Å². The molecule has 0 spiro atoms. The topological polar surface area (TPSA) is 76.1 Å². The summed E-state index contributed by atoms with van der Waals surface area (Å²) in [4.78, 5) is 27.6. The summed E-state index contributed by atoms with van der Waals surface area (Å²) in [6, 6.07) is 11.9. The Morgan fingerprint density at radius 3 is 2.50 bits per heavy atom. The van der Waals surface area contributed by atoms with Crippen LogP contribution in [0.3, 0.4) is 0 Å². The molecule has 0 aliphatic carbocycles. The van der Waals surface area contributed by atoms with E-state index in [9.17, 15) is 14.7 Å². The predicted octanol–water partition coefficient (Wildman–Crippen LogP) is 5.01. The van der Waals surface area contributed by atoms with Crippen molar-refractivity contribution < 1.29 is 24.2 Å². The number of rotatable bonds is 8. The Morgan fingerprint density at radius 1 is 1.12 bits per heavy atom. The molecule has 2 aromatic rings. The van der Waals surface area contributed by atoms with Crippen LogP contribution >= 0.6 is 0 Å². The first-order chi connectivity index (χ1) is 15.3. The summed E-state index contributed by atoms with van der Waals surface area (Å²) in [5, 5.41) is 11.3. The van der Waals surface area contributed by atoms with Crippen LogP contribution in [0.1, 0.15) is 56.3 Å². The first-order valence-electron chi connectivity index (χ1n) is 11.0. The van der Waals surface area contributed by atoms with Crippen molar-refractivity contribution in [3.63, 3.8) is 0 Å². The Labute approximate surface area is 189 Å². The fraction of sp³-hybridized carbons (Fsp3) is 0.385. The molecular weight excluding hydrogens is 406 g/mol. The van der Waals surface area contributed by atoms with Gasteiger partial charge >= 0.3 is 0 Å². The highest BCUT2D eigenvalue weighted by molar-refractivity contribution is 6.46. The molecular formula is C26H31NO5. The Hall–Kier alpha value is -3.28. The molecule has 1 aliphatic rings. The summed E-state index contributed by atoms with van der Waals surface area (Å²) >= 11 is 0. The van der Waals surface area contributed by atoms with Crippen molar-refractivity contribution in [2.24, 2.45) is 0 Å². The van der Waals surface area contributed by atoms with Gasteiger partial charge in [0.25, 0.3) is 11.7 Å².